The lowest BCUT2D eigenvalue weighted by Gasteiger charge is -2.18. The fraction of sp³-hybridized carbons (Fsp3) is 0.571. The van der Waals surface area contributed by atoms with Crippen LogP contribution in [-0.4, -0.2) is 35.7 Å². The third-order valence-corrected chi connectivity index (χ3v) is 3.17. The number of furan rings is 1. The molecule has 4 nitrogen and oxygen atoms in total. The summed E-state index contributed by atoms with van der Waals surface area (Å²) in [5.74, 6) is 0.985. The van der Waals surface area contributed by atoms with E-state index in [1.807, 2.05) is 12.1 Å². The van der Waals surface area contributed by atoms with Gasteiger partial charge in [0.2, 0.25) is 0 Å². The summed E-state index contributed by atoms with van der Waals surface area (Å²) in [6.07, 6.45) is 6.17. The molecule has 0 spiro atoms. The molecule has 1 aromatic heterocycles. The molecule has 2 N–H and O–H groups in total. The van der Waals surface area contributed by atoms with Gasteiger partial charge in [-0.1, -0.05) is 6.08 Å². The van der Waals surface area contributed by atoms with E-state index in [0.717, 1.165) is 25.4 Å². The van der Waals surface area contributed by atoms with Crippen LogP contribution in [0, 0.1) is 0 Å². The zero-order valence-electron chi connectivity index (χ0n) is 10.8. The van der Waals surface area contributed by atoms with Gasteiger partial charge in [-0.25, -0.2) is 0 Å². The van der Waals surface area contributed by atoms with E-state index in [2.05, 4.69) is 16.8 Å². The maximum atomic E-state index is 9.03. The number of aliphatic hydroxyl groups is 1. The molecular weight excluding hydrogens is 228 g/mol. The minimum absolute atomic E-state index is 0.157. The normalized spacial score (nSPS) is 15.2. The molecule has 4 heteroatoms. The average molecular weight is 250 g/mol. The van der Waals surface area contributed by atoms with Gasteiger partial charge in [0.1, 0.15) is 5.76 Å². The van der Waals surface area contributed by atoms with Gasteiger partial charge in [-0.3, -0.25) is 4.90 Å². The van der Waals surface area contributed by atoms with Crippen LogP contribution in [0.4, 0.5) is 0 Å². The van der Waals surface area contributed by atoms with Crippen molar-refractivity contribution in [2.45, 2.75) is 32.0 Å². The lowest BCUT2D eigenvalue weighted by atomic mass is 10.2. The molecular formula is C14H22N2O2. The van der Waals surface area contributed by atoms with E-state index < -0.39 is 0 Å². The Hall–Kier alpha value is -1.10. The quantitative estimate of drug-likeness (QED) is 0.652. The van der Waals surface area contributed by atoms with Crippen LogP contribution in [0.15, 0.2) is 29.4 Å². The van der Waals surface area contributed by atoms with Crippen LogP contribution in [0.5, 0.6) is 0 Å². The predicted octanol–water partition coefficient (Wildman–Crippen LogP) is 1.51. The first-order valence-corrected chi connectivity index (χ1v) is 6.56. The zero-order chi connectivity index (χ0) is 12.8. The summed E-state index contributed by atoms with van der Waals surface area (Å²) >= 11 is 0. The van der Waals surface area contributed by atoms with Crippen molar-refractivity contribution in [3.63, 3.8) is 0 Å². The molecule has 1 aliphatic carbocycles. The fourth-order valence-electron chi connectivity index (χ4n) is 1.97. The van der Waals surface area contributed by atoms with E-state index in [0.29, 0.717) is 12.6 Å². The highest BCUT2D eigenvalue weighted by atomic mass is 16.3. The summed E-state index contributed by atoms with van der Waals surface area (Å²) in [5.41, 5.74) is 1.22. The molecule has 0 bridgehead atoms. The van der Waals surface area contributed by atoms with Gasteiger partial charge in [-0.2, -0.15) is 0 Å². The SMILES string of the molecule is C=CCN(CCO)Cc1occc1CNC1CC1. The number of hydrogen-bond donors (Lipinski definition) is 2. The van der Waals surface area contributed by atoms with Crippen molar-refractivity contribution in [3.05, 3.63) is 36.3 Å². The first-order valence-electron chi connectivity index (χ1n) is 6.56. The highest BCUT2D eigenvalue weighted by Gasteiger charge is 2.21. The lowest BCUT2D eigenvalue weighted by Crippen LogP contribution is -2.27. The molecule has 0 aliphatic heterocycles. The number of nitrogens with one attached hydrogen (secondary N) is 1. The van der Waals surface area contributed by atoms with Crippen molar-refractivity contribution in [2.75, 3.05) is 19.7 Å². The van der Waals surface area contributed by atoms with Crippen LogP contribution < -0.4 is 5.32 Å². The Labute approximate surface area is 108 Å². The first-order chi connectivity index (χ1) is 8.83. The van der Waals surface area contributed by atoms with E-state index in [1.165, 1.54) is 18.4 Å². The molecule has 0 atom stereocenters. The van der Waals surface area contributed by atoms with E-state index in [-0.39, 0.29) is 6.61 Å². The minimum Gasteiger partial charge on any atom is -0.468 e. The molecule has 1 saturated carbocycles. The largest absolute Gasteiger partial charge is 0.468 e. The molecule has 18 heavy (non-hydrogen) atoms. The standard InChI is InChI=1S/C14H22N2O2/c1-2-6-16(7-8-17)11-14-12(5-9-18-14)10-15-13-3-4-13/h2,5,9,13,15,17H,1,3-4,6-8,10-11H2. The van der Waals surface area contributed by atoms with Gasteiger partial charge in [0, 0.05) is 31.2 Å². The summed E-state index contributed by atoms with van der Waals surface area (Å²) in [5, 5.41) is 12.5. The molecule has 2 rings (SSSR count). The van der Waals surface area contributed by atoms with Gasteiger partial charge in [-0.15, -0.1) is 6.58 Å². The smallest absolute Gasteiger partial charge is 0.122 e. The maximum Gasteiger partial charge on any atom is 0.122 e. The Balaban J connectivity index is 1.89. The topological polar surface area (TPSA) is 48.6 Å². The predicted molar refractivity (Wildman–Crippen MR) is 71.1 cm³/mol. The van der Waals surface area contributed by atoms with Crippen molar-refractivity contribution in [1.82, 2.24) is 10.2 Å². The van der Waals surface area contributed by atoms with E-state index in [1.54, 1.807) is 6.26 Å². The van der Waals surface area contributed by atoms with Crippen LogP contribution in [0.2, 0.25) is 0 Å². The summed E-state index contributed by atoms with van der Waals surface area (Å²) in [7, 11) is 0. The highest BCUT2D eigenvalue weighted by molar-refractivity contribution is 5.17. The van der Waals surface area contributed by atoms with Gasteiger partial charge in [0.05, 0.1) is 19.4 Å². The average Bonchev–Trinajstić information content (AvgIpc) is 3.09. The van der Waals surface area contributed by atoms with Gasteiger partial charge >= 0.3 is 0 Å². The van der Waals surface area contributed by atoms with Gasteiger partial charge in [-0.05, 0) is 18.9 Å². The van der Waals surface area contributed by atoms with Crippen LogP contribution >= 0.6 is 0 Å². The Morgan fingerprint density at radius 2 is 2.39 bits per heavy atom. The molecule has 0 aromatic carbocycles. The Bertz CT molecular complexity index is 372. The van der Waals surface area contributed by atoms with Gasteiger partial charge < -0.3 is 14.8 Å². The second-order valence-electron chi connectivity index (χ2n) is 4.77. The first kappa shape index (κ1) is 13.3. The zero-order valence-corrected chi connectivity index (χ0v) is 10.8. The second-order valence-corrected chi connectivity index (χ2v) is 4.77. The van der Waals surface area contributed by atoms with Crippen molar-refractivity contribution in [1.29, 1.82) is 0 Å². The number of hydrogen-bond acceptors (Lipinski definition) is 4. The summed E-state index contributed by atoms with van der Waals surface area (Å²) in [4.78, 5) is 2.12. The third-order valence-electron chi connectivity index (χ3n) is 3.17. The summed E-state index contributed by atoms with van der Waals surface area (Å²) < 4.78 is 5.54. The summed E-state index contributed by atoms with van der Waals surface area (Å²) in [6, 6.07) is 2.73. The number of aliphatic hydroxyl groups excluding tert-OH is 1. The monoisotopic (exact) mass is 250 g/mol. The van der Waals surface area contributed by atoms with Crippen molar-refractivity contribution in [3.8, 4) is 0 Å². The minimum atomic E-state index is 0.157. The second kappa shape index (κ2) is 6.73. The number of rotatable bonds is 9. The van der Waals surface area contributed by atoms with Crippen molar-refractivity contribution < 1.29 is 9.52 Å². The fourth-order valence-corrected chi connectivity index (χ4v) is 1.97. The van der Waals surface area contributed by atoms with Crippen LogP contribution in [-0.2, 0) is 13.1 Å². The molecule has 1 aromatic rings. The molecule has 100 valence electrons. The molecule has 0 unspecified atom stereocenters. The van der Waals surface area contributed by atoms with Crippen LogP contribution in [0.25, 0.3) is 0 Å². The van der Waals surface area contributed by atoms with Crippen molar-refractivity contribution in [2.24, 2.45) is 0 Å². The number of nitrogens with zero attached hydrogens (tertiary/aromatic N) is 1. The highest BCUT2D eigenvalue weighted by Crippen LogP contribution is 2.20. The van der Waals surface area contributed by atoms with E-state index in [4.69, 9.17) is 9.52 Å². The Morgan fingerprint density at radius 1 is 1.56 bits per heavy atom. The van der Waals surface area contributed by atoms with Gasteiger partial charge in [0.25, 0.3) is 0 Å². The third kappa shape index (κ3) is 3.98. The Morgan fingerprint density at radius 3 is 3.06 bits per heavy atom. The molecule has 0 saturated heterocycles. The molecule has 1 aliphatic rings. The molecule has 1 fully saturated rings. The molecule has 1 heterocycles. The van der Waals surface area contributed by atoms with E-state index in [9.17, 15) is 0 Å². The lowest BCUT2D eigenvalue weighted by molar-refractivity contribution is 0.193. The molecule has 0 radical (unpaired) electrons. The summed E-state index contributed by atoms with van der Waals surface area (Å²) in [6.45, 7) is 6.89. The van der Waals surface area contributed by atoms with Crippen LogP contribution in [0.1, 0.15) is 24.2 Å². The van der Waals surface area contributed by atoms with Crippen LogP contribution in [0.3, 0.4) is 0 Å². The maximum absolute atomic E-state index is 9.03. The van der Waals surface area contributed by atoms with E-state index >= 15 is 0 Å². The van der Waals surface area contributed by atoms with Gasteiger partial charge in [0.15, 0.2) is 0 Å². The Kier molecular flexibility index (Phi) is 4.99. The molecule has 0 amide bonds. The van der Waals surface area contributed by atoms with Crippen molar-refractivity contribution >= 4 is 0 Å².